The summed E-state index contributed by atoms with van der Waals surface area (Å²) in [6.45, 7) is 5.56. The number of hydrogen-bond acceptors (Lipinski definition) is 6. The van der Waals surface area contributed by atoms with E-state index >= 15 is 0 Å². The number of rotatable bonds is 9. The molecule has 1 atom stereocenters. The second kappa shape index (κ2) is 10.9. The molecule has 2 amide bonds. The summed E-state index contributed by atoms with van der Waals surface area (Å²) >= 11 is 1.30. The van der Waals surface area contributed by atoms with Gasteiger partial charge in [0, 0.05) is 23.9 Å². The Labute approximate surface area is 197 Å². The van der Waals surface area contributed by atoms with Gasteiger partial charge < -0.3 is 15.2 Å². The molecule has 0 spiro atoms. The molecule has 33 heavy (non-hydrogen) atoms. The maximum Gasteiger partial charge on any atom is 0.251 e. The van der Waals surface area contributed by atoms with Crippen LogP contribution < -0.4 is 10.6 Å². The number of benzene rings is 2. The van der Waals surface area contributed by atoms with Crippen molar-refractivity contribution in [2.75, 3.05) is 5.32 Å². The Hall–Kier alpha value is -3.46. The molecule has 2 aromatic carbocycles. The predicted octanol–water partition coefficient (Wildman–Crippen LogP) is 3.77. The molecule has 8 nitrogen and oxygen atoms in total. The van der Waals surface area contributed by atoms with E-state index in [1.807, 2.05) is 32.0 Å². The van der Waals surface area contributed by atoms with Crippen LogP contribution in [0.2, 0.25) is 0 Å². The molecule has 2 N–H and O–H groups in total. The van der Waals surface area contributed by atoms with Crippen LogP contribution in [0.3, 0.4) is 0 Å². The van der Waals surface area contributed by atoms with Crippen LogP contribution in [0, 0.1) is 6.92 Å². The second-order valence-electron chi connectivity index (χ2n) is 7.65. The van der Waals surface area contributed by atoms with E-state index < -0.39 is 5.25 Å². The van der Waals surface area contributed by atoms with Crippen LogP contribution in [0.25, 0.3) is 0 Å². The van der Waals surface area contributed by atoms with Crippen molar-refractivity contribution >= 4 is 35.0 Å². The number of Topliss-reactive ketones (excluding diaryl/α,β-unsaturated/α-hetero) is 1. The number of hydrogen-bond donors (Lipinski definition) is 2. The highest BCUT2D eigenvalue weighted by Crippen LogP contribution is 2.25. The molecule has 0 aliphatic carbocycles. The summed E-state index contributed by atoms with van der Waals surface area (Å²) in [6.07, 6.45) is 0.579. The zero-order valence-electron chi connectivity index (χ0n) is 19.1. The van der Waals surface area contributed by atoms with Gasteiger partial charge in [0.15, 0.2) is 16.8 Å². The molecule has 0 radical (unpaired) electrons. The Morgan fingerprint density at radius 2 is 1.79 bits per heavy atom. The van der Waals surface area contributed by atoms with E-state index in [0.717, 1.165) is 5.56 Å². The van der Waals surface area contributed by atoms with Gasteiger partial charge in [0.05, 0.1) is 11.8 Å². The van der Waals surface area contributed by atoms with Gasteiger partial charge in [0.1, 0.15) is 0 Å². The van der Waals surface area contributed by atoms with Gasteiger partial charge in [0.25, 0.3) is 5.91 Å². The van der Waals surface area contributed by atoms with Crippen molar-refractivity contribution < 1.29 is 14.4 Å². The predicted molar refractivity (Wildman–Crippen MR) is 128 cm³/mol. The van der Waals surface area contributed by atoms with E-state index in [0.29, 0.717) is 34.2 Å². The number of carbonyl (C=O) groups is 3. The Bertz CT molecular complexity index is 1170. The van der Waals surface area contributed by atoms with E-state index in [9.17, 15) is 14.4 Å². The van der Waals surface area contributed by atoms with E-state index in [4.69, 9.17) is 0 Å². The minimum absolute atomic E-state index is 0.0615. The maximum absolute atomic E-state index is 12.8. The zero-order valence-corrected chi connectivity index (χ0v) is 19.9. The molecule has 0 aliphatic heterocycles. The lowest BCUT2D eigenvalue weighted by molar-refractivity contribution is -0.115. The third-order valence-corrected chi connectivity index (χ3v) is 6.46. The fourth-order valence-electron chi connectivity index (χ4n) is 3.14. The molecule has 3 rings (SSSR count). The number of carbonyl (C=O) groups excluding carboxylic acids is 3. The largest absolute Gasteiger partial charge is 0.345 e. The highest BCUT2D eigenvalue weighted by Gasteiger charge is 2.22. The second-order valence-corrected chi connectivity index (χ2v) is 8.82. The monoisotopic (exact) mass is 465 g/mol. The minimum Gasteiger partial charge on any atom is -0.345 e. The fourth-order valence-corrected chi connectivity index (χ4v) is 4.08. The van der Waals surface area contributed by atoms with Crippen molar-refractivity contribution in [1.82, 2.24) is 20.1 Å². The normalized spacial score (nSPS) is 11.6. The van der Waals surface area contributed by atoms with Crippen molar-refractivity contribution in [3.05, 3.63) is 71.0 Å². The van der Waals surface area contributed by atoms with Gasteiger partial charge in [0.2, 0.25) is 5.91 Å². The van der Waals surface area contributed by atoms with Crippen molar-refractivity contribution in [1.29, 1.82) is 0 Å². The number of nitrogens with zero attached hydrogens (tertiary/aromatic N) is 3. The number of aryl methyl sites for hydroxylation is 1. The van der Waals surface area contributed by atoms with Gasteiger partial charge in [-0.2, -0.15) is 0 Å². The van der Waals surface area contributed by atoms with Crippen LogP contribution in [0.15, 0.2) is 53.7 Å². The smallest absolute Gasteiger partial charge is 0.251 e. The number of ketones is 1. The molecule has 0 bridgehead atoms. The molecule has 3 aromatic rings. The molecule has 0 unspecified atom stereocenters. The van der Waals surface area contributed by atoms with Gasteiger partial charge >= 0.3 is 0 Å². The maximum atomic E-state index is 12.8. The number of aromatic nitrogens is 3. The Kier molecular flexibility index (Phi) is 8.00. The molecule has 0 saturated carbocycles. The molecule has 172 valence electrons. The quantitative estimate of drug-likeness (QED) is 0.368. The van der Waals surface area contributed by atoms with Crippen LogP contribution in [0.5, 0.6) is 0 Å². The van der Waals surface area contributed by atoms with Crippen molar-refractivity contribution in [3.63, 3.8) is 0 Å². The van der Waals surface area contributed by atoms with Crippen LogP contribution in [-0.4, -0.2) is 37.6 Å². The average Bonchev–Trinajstić information content (AvgIpc) is 3.14. The fraction of sp³-hybridized carbons (Fsp3) is 0.292. The van der Waals surface area contributed by atoms with Crippen LogP contribution >= 0.6 is 11.8 Å². The Morgan fingerprint density at radius 3 is 2.48 bits per heavy atom. The molecular formula is C24H27N5O3S. The molecule has 9 heteroatoms. The summed E-state index contributed by atoms with van der Waals surface area (Å²) < 4.78 is 1.77. The van der Waals surface area contributed by atoms with E-state index in [1.54, 1.807) is 41.9 Å². The third kappa shape index (κ3) is 6.29. The molecule has 0 saturated heterocycles. The van der Waals surface area contributed by atoms with E-state index in [1.165, 1.54) is 18.7 Å². The minimum atomic E-state index is -0.399. The van der Waals surface area contributed by atoms with Crippen molar-refractivity contribution in [2.24, 2.45) is 7.05 Å². The van der Waals surface area contributed by atoms with Crippen LogP contribution in [-0.2, 0) is 18.4 Å². The van der Waals surface area contributed by atoms with E-state index in [2.05, 4.69) is 20.8 Å². The zero-order chi connectivity index (χ0) is 24.0. The van der Waals surface area contributed by atoms with E-state index in [-0.39, 0.29) is 24.1 Å². The summed E-state index contributed by atoms with van der Waals surface area (Å²) in [5.41, 5.74) is 2.71. The number of nitrogens with one attached hydrogen (secondary N) is 2. The first-order valence-corrected chi connectivity index (χ1v) is 11.5. The van der Waals surface area contributed by atoms with Gasteiger partial charge in [-0.25, -0.2) is 0 Å². The lowest BCUT2D eigenvalue weighted by Gasteiger charge is -2.14. The third-order valence-electron chi connectivity index (χ3n) is 5.06. The molecular weight excluding hydrogens is 438 g/mol. The topological polar surface area (TPSA) is 106 Å². The molecule has 1 aromatic heterocycles. The molecule has 1 heterocycles. The van der Waals surface area contributed by atoms with Gasteiger partial charge in [-0.05, 0) is 44.5 Å². The van der Waals surface area contributed by atoms with Crippen LogP contribution in [0.4, 0.5) is 5.69 Å². The average molecular weight is 466 g/mol. The summed E-state index contributed by atoms with van der Waals surface area (Å²) in [5, 5.41) is 14.3. The highest BCUT2D eigenvalue weighted by molar-refractivity contribution is 8.00. The SMILES string of the molecule is CC[C@@H](Sc1nnc(CNC(=O)c2cccc(C)c2)n1C)C(=O)Nc1cccc(C(C)=O)c1. The summed E-state index contributed by atoms with van der Waals surface area (Å²) in [5.74, 6) is 0.159. The molecule has 0 fully saturated rings. The Morgan fingerprint density at radius 1 is 1.06 bits per heavy atom. The number of anilines is 1. The van der Waals surface area contributed by atoms with Gasteiger partial charge in [-0.1, -0.05) is 48.5 Å². The summed E-state index contributed by atoms with van der Waals surface area (Å²) in [7, 11) is 1.80. The first-order chi connectivity index (χ1) is 15.8. The summed E-state index contributed by atoms with van der Waals surface area (Å²) in [6, 6.07) is 14.2. The van der Waals surface area contributed by atoms with Crippen molar-refractivity contribution in [3.8, 4) is 0 Å². The number of amides is 2. The lowest BCUT2D eigenvalue weighted by Crippen LogP contribution is -2.25. The standard InChI is InChI=1S/C24H27N5O3S/c1-5-20(23(32)26-19-11-7-9-17(13-19)16(3)30)33-24-28-27-21(29(24)4)14-25-22(31)18-10-6-8-15(2)12-18/h6-13,20H,5,14H2,1-4H3,(H,25,31)(H,26,32)/t20-/m1/s1. The first kappa shape index (κ1) is 24.2. The highest BCUT2D eigenvalue weighted by atomic mass is 32.2. The summed E-state index contributed by atoms with van der Waals surface area (Å²) in [4.78, 5) is 36.8. The first-order valence-electron chi connectivity index (χ1n) is 10.6. The molecule has 0 aliphatic rings. The van der Waals surface area contributed by atoms with Crippen LogP contribution in [0.1, 0.15) is 52.4 Å². The van der Waals surface area contributed by atoms with Crippen molar-refractivity contribution in [2.45, 2.75) is 44.1 Å². The van der Waals surface area contributed by atoms with Gasteiger partial charge in [-0.3, -0.25) is 14.4 Å². The Balaban J connectivity index is 1.62. The number of thioether (sulfide) groups is 1. The lowest BCUT2D eigenvalue weighted by atomic mass is 10.1. The van der Waals surface area contributed by atoms with Gasteiger partial charge in [-0.15, -0.1) is 10.2 Å².